The van der Waals surface area contributed by atoms with Crippen molar-refractivity contribution in [2.24, 2.45) is 0 Å². The van der Waals surface area contributed by atoms with Crippen LogP contribution in [0.5, 0.6) is 5.75 Å². The second kappa shape index (κ2) is 7.59. The van der Waals surface area contributed by atoms with Crippen molar-refractivity contribution in [1.82, 2.24) is 9.38 Å². The number of carbonyl (C=O) groups excluding carboxylic acids is 2. The maximum Gasteiger partial charge on any atom is 0.267 e. The molecule has 2 amide bonds. The van der Waals surface area contributed by atoms with E-state index in [1.165, 1.54) is 6.92 Å². The van der Waals surface area contributed by atoms with Crippen LogP contribution < -0.4 is 15.0 Å². The highest BCUT2D eigenvalue weighted by atomic mass is 16.5. The third-order valence-electron chi connectivity index (χ3n) is 6.33. The van der Waals surface area contributed by atoms with Gasteiger partial charge in [-0.05, 0) is 31.2 Å². The third kappa shape index (κ3) is 3.01. The van der Waals surface area contributed by atoms with Gasteiger partial charge >= 0.3 is 0 Å². The van der Waals surface area contributed by atoms with Crippen LogP contribution in [0, 0.1) is 6.92 Å². The molecule has 0 radical (unpaired) electrons. The molecular weight excluding hydrogens is 428 g/mol. The molecule has 2 aromatic heterocycles. The van der Waals surface area contributed by atoms with Crippen molar-refractivity contribution in [2.45, 2.75) is 20.0 Å². The molecule has 1 N–H and O–H groups in total. The molecule has 5 aromatic rings. The highest BCUT2D eigenvalue weighted by molar-refractivity contribution is 6.17. The number of hydrogen-bond acceptors (Lipinski definition) is 4. The zero-order chi connectivity index (χ0) is 23.4. The Labute approximate surface area is 195 Å². The molecule has 1 aliphatic heterocycles. The lowest BCUT2D eigenvalue weighted by molar-refractivity contribution is -0.123. The highest BCUT2D eigenvalue weighted by Crippen LogP contribution is 2.37. The van der Waals surface area contributed by atoms with E-state index in [9.17, 15) is 9.59 Å². The predicted molar refractivity (Wildman–Crippen MR) is 132 cm³/mol. The number of para-hydroxylation sites is 4. The van der Waals surface area contributed by atoms with E-state index in [0.717, 1.165) is 33.1 Å². The Morgan fingerprint density at radius 3 is 2.50 bits per heavy atom. The molecule has 1 atom stereocenters. The van der Waals surface area contributed by atoms with Gasteiger partial charge in [0.05, 0.1) is 34.5 Å². The maximum atomic E-state index is 13.6. The van der Waals surface area contributed by atoms with Crippen molar-refractivity contribution in [3.05, 3.63) is 78.6 Å². The molecule has 3 heterocycles. The number of aromatic nitrogens is 2. The van der Waals surface area contributed by atoms with E-state index in [1.807, 2.05) is 73.7 Å². The number of benzene rings is 3. The van der Waals surface area contributed by atoms with Gasteiger partial charge in [0, 0.05) is 17.7 Å². The molecule has 1 aliphatic rings. The third-order valence-corrected chi connectivity index (χ3v) is 6.33. The van der Waals surface area contributed by atoms with Gasteiger partial charge < -0.3 is 15.0 Å². The van der Waals surface area contributed by atoms with Gasteiger partial charge in [-0.2, -0.15) is 0 Å². The van der Waals surface area contributed by atoms with Gasteiger partial charge in [-0.3, -0.25) is 14.0 Å². The summed E-state index contributed by atoms with van der Waals surface area (Å²) in [6.07, 6.45) is -0.846. The minimum atomic E-state index is -0.846. The Kier molecular flexibility index (Phi) is 4.52. The van der Waals surface area contributed by atoms with Crippen LogP contribution in [0.2, 0.25) is 0 Å². The molecule has 0 fully saturated rings. The molecule has 0 aliphatic carbocycles. The van der Waals surface area contributed by atoms with Gasteiger partial charge in [0.2, 0.25) is 5.91 Å². The Morgan fingerprint density at radius 2 is 1.68 bits per heavy atom. The van der Waals surface area contributed by atoms with Gasteiger partial charge in [-0.25, -0.2) is 4.98 Å². The fraction of sp³-hybridized carbons (Fsp3) is 0.148. The first-order chi connectivity index (χ1) is 16.5. The molecule has 0 bridgehead atoms. The first kappa shape index (κ1) is 20.2. The number of nitrogens with one attached hydrogen (secondary N) is 1. The summed E-state index contributed by atoms with van der Waals surface area (Å²) in [6, 6.07) is 23.1. The van der Waals surface area contributed by atoms with Crippen LogP contribution in [0.15, 0.2) is 72.8 Å². The normalized spacial score (nSPS) is 15.4. The first-order valence-electron chi connectivity index (χ1n) is 11.2. The van der Waals surface area contributed by atoms with Crippen LogP contribution in [0.1, 0.15) is 12.7 Å². The van der Waals surface area contributed by atoms with Crippen molar-refractivity contribution in [2.75, 3.05) is 16.8 Å². The summed E-state index contributed by atoms with van der Waals surface area (Å²) in [7, 11) is 0. The lowest BCUT2D eigenvalue weighted by atomic mass is 10.1. The molecule has 34 heavy (non-hydrogen) atoms. The van der Waals surface area contributed by atoms with Crippen LogP contribution in [0.25, 0.3) is 27.3 Å². The van der Waals surface area contributed by atoms with Crippen molar-refractivity contribution >= 4 is 50.5 Å². The largest absolute Gasteiger partial charge is 0.476 e. The van der Waals surface area contributed by atoms with Gasteiger partial charge in [-0.1, -0.05) is 48.5 Å². The van der Waals surface area contributed by atoms with Crippen molar-refractivity contribution in [1.29, 1.82) is 0 Å². The fourth-order valence-corrected chi connectivity index (χ4v) is 4.83. The van der Waals surface area contributed by atoms with Crippen LogP contribution >= 0.6 is 0 Å². The zero-order valence-corrected chi connectivity index (χ0v) is 18.8. The zero-order valence-electron chi connectivity index (χ0n) is 18.8. The van der Waals surface area contributed by atoms with E-state index in [2.05, 4.69) is 9.72 Å². The van der Waals surface area contributed by atoms with E-state index in [0.29, 0.717) is 17.1 Å². The maximum absolute atomic E-state index is 13.6. The molecule has 6 rings (SSSR count). The number of fused-ring (bicyclic) bond motifs is 6. The molecular formula is C27H22N4O3. The molecule has 3 aromatic carbocycles. The summed E-state index contributed by atoms with van der Waals surface area (Å²) in [5.74, 6) is 0.899. The summed E-state index contributed by atoms with van der Waals surface area (Å²) >= 11 is 0. The monoisotopic (exact) mass is 450 g/mol. The average Bonchev–Trinajstić information content (AvgIpc) is 3.18. The molecule has 0 saturated carbocycles. The van der Waals surface area contributed by atoms with Crippen LogP contribution in [0.4, 0.5) is 11.4 Å². The number of aryl methyl sites for hydroxylation is 1. The second-order valence-electron chi connectivity index (χ2n) is 8.45. The average molecular weight is 450 g/mol. The van der Waals surface area contributed by atoms with Gasteiger partial charge in [0.15, 0.2) is 6.10 Å². The smallest absolute Gasteiger partial charge is 0.267 e. The summed E-state index contributed by atoms with van der Waals surface area (Å²) in [5.41, 5.74) is 4.09. The molecule has 0 saturated heterocycles. The Hall–Kier alpha value is -4.39. The number of anilines is 2. The highest BCUT2D eigenvalue weighted by Gasteiger charge is 2.33. The topological polar surface area (TPSA) is 75.9 Å². The minimum absolute atomic E-state index is 0.138. The molecule has 0 spiro atoms. The van der Waals surface area contributed by atoms with E-state index in [4.69, 9.17) is 9.72 Å². The summed E-state index contributed by atoms with van der Waals surface area (Å²) in [6.45, 7) is 3.60. The standard InChI is InChI=1S/C27H22N4O3/c1-16-28-20-11-5-3-9-18(20)26-25(19-10-4-6-12-21(19)31(16)26)29-27(33)24-15-30(17(2)32)22-13-7-8-14-23(22)34-24/h3-14,24H,15H2,1-2H3,(H,29,33)/t24-/m1/s1. The van der Waals surface area contributed by atoms with Crippen LogP contribution in [-0.4, -0.2) is 33.8 Å². The van der Waals surface area contributed by atoms with Crippen molar-refractivity contribution in [3.63, 3.8) is 0 Å². The number of amides is 2. The second-order valence-corrected chi connectivity index (χ2v) is 8.45. The van der Waals surface area contributed by atoms with E-state index >= 15 is 0 Å². The number of nitrogens with zero attached hydrogens (tertiary/aromatic N) is 3. The lowest BCUT2D eigenvalue weighted by Crippen LogP contribution is -2.48. The summed E-state index contributed by atoms with van der Waals surface area (Å²) in [4.78, 5) is 32.2. The summed E-state index contributed by atoms with van der Waals surface area (Å²) in [5, 5.41) is 4.99. The number of rotatable bonds is 2. The fourth-order valence-electron chi connectivity index (χ4n) is 4.83. The van der Waals surface area contributed by atoms with Gasteiger partial charge in [0.1, 0.15) is 11.6 Å². The Bertz CT molecular complexity index is 1620. The lowest BCUT2D eigenvalue weighted by Gasteiger charge is -2.33. The molecule has 7 heteroatoms. The summed E-state index contributed by atoms with van der Waals surface area (Å²) < 4.78 is 8.11. The van der Waals surface area contributed by atoms with Crippen LogP contribution in [0.3, 0.4) is 0 Å². The van der Waals surface area contributed by atoms with Gasteiger partial charge in [-0.15, -0.1) is 0 Å². The number of hydrogen-bond donors (Lipinski definition) is 1. The van der Waals surface area contributed by atoms with Crippen molar-refractivity contribution < 1.29 is 14.3 Å². The predicted octanol–water partition coefficient (Wildman–Crippen LogP) is 4.70. The van der Waals surface area contributed by atoms with Crippen molar-refractivity contribution in [3.8, 4) is 5.75 Å². The van der Waals surface area contributed by atoms with E-state index in [-0.39, 0.29) is 18.4 Å². The Balaban J connectivity index is 1.49. The quantitative estimate of drug-likeness (QED) is 0.423. The molecule has 0 unspecified atom stereocenters. The van der Waals surface area contributed by atoms with Gasteiger partial charge in [0.25, 0.3) is 5.91 Å². The molecule has 168 valence electrons. The molecule has 7 nitrogen and oxygen atoms in total. The van der Waals surface area contributed by atoms with E-state index in [1.54, 1.807) is 11.0 Å². The SMILES string of the molecule is CC(=O)N1C[C@H](C(=O)Nc2c3ccccc3n3c(C)nc4ccccc4c23)Oc2ccccc21. The Morgan fingerprint density at radius 1 is 0.971 bits per heavy atom. The van der Waals surface area contributed by atoms with Crippen LogP contribution in [-0.2, 0) is 9.59 Å². The van der Waals surface area contributed by atoms with E-state index < -0.39 is 6.10 Å². The number of carbonyl (C=O) groups is 2. The number of ether oxygens (including phenoxy) is 1. The first-order valence-corrected chi connectivity index (χ1v) is 11.2. The minimum Gasteiger partial charge on any atom is -0.476 e.